The lowest BCUT2D eigenvalue weighted by Crippen LogP contribution is -2.28. The van der Waals surface area contributed by atoms with Crippen LogP contribution in [0.3, 0.4) is 0 Å². The first-order valence-corrected chi connectivity index (χ1v) is 10.9. The predicted molar refractivity (Wildman–Crippen MR) is 143 cm³/mol. The standard InChI is InChI=1S/C25H29N5O3.2ClH/c1-15(26)30-10-9-21(14-30)33-20-6-3-16(4-7-20)22(25(31)32)13-19-12-18-11-17(24(27)28)5-8-23(18)29(19)2;;/h3-8,11-12,21-22,26H,9-10,13-14H2,1-2H3,(H3,27,28)(H,31,32);2*1H/t21-,22?;;/m0../s1. The third-order valence-corrected chi connectivity index (χ3v) is 6.37. The Hall–Kier alpha value is -3.23. The van der Waals surface area contributed by atoms with Gasteiger partial charge < -0.3 is 25.0 Å². The van der Waals surface area contributed by atoms with E-state index in [1.54, 1.807) is 13.0 Å². The van der Waals surface area contributed by atoms with Crippen LogP contribution in [0.15, 0.2) is 48.5 Å². The number of carboxylic acids is 1. The van der Waals surface area contributed by atoms with Gasteiger partial charge in [0.15, 0.2) is 0 Å². The van der Waals surface area contributed by atoms with Gasteiger partial charge in [-0.05, 0) is 48.9 Å². The van der Waals surface area contributed by atoms with E-state index < -0.39 is 11.9 Å². The molecule has 188 valence electrons. The van der Waals surface area contributed by atoms with Gasteiger partial charge in [0, 0.05) is 48.6 Å². The lowest BCUT2D eigenvalue weighted by Gasteiger charge is -2.18. The number of nitrogen functional groups attached to an aromatic ring is 1. The van der Waals surface area contributed by atoms with E-state index in [1.165, 1.54) is 0 Å². The van der Waals surface area contributed by atoms with E-state index in [9.17, 15) is 9.90 Å². The fourth-order valence-corrected chi connectivity index (χ4v) is 4.43. The van der Waals surface area contributed by atoms with Crippen molar-refractivity contribution in [1.29, 1.82) is 10.8 Å². The number of ether oxygens (including phenoxy) is 1. The van der Waals surface area contributed by atoms with Gasteiger partial charge in [0.25, 0.3) is 0 Å². The van der Waals surface area contributed by atoms with Gasteiger partial charge in [-0.3, -0.25) is 15.6 Å². The lowest BCUT2D eigenvalue weighted by atomic mass is 9.94. The molecule has 1 saturated heterocycles. The molecule has 0 spiro atoms. The number of aryl methyl sites for hydroxylation is 1. The minimum Gasteiger partial charge on any atom is -0.489 e. The van der Waals surface area contributed by atoms with E-state index >= 15 is 0 Å². The summed E-state index contributed by atoms with van der Waals surface area (Å²) in [5.41, 5.74) is 8.83. The zero-order valence-electron chi connectivity index (χ0n) is 19.7. The number of carboxylic acid groups (broad SMARTS) is 1. The number of fused-ring (bicyclic) bond motifs is 1. The summed E-state index contributed by atoms with van der Waals surface area (Å²) in [6.45, 7) is 3.29. The number of benzene rings is 2. The largest absolute Gasteiger partial charge is 0.489 e. The Kier molecular flexibility index (Phi) is 9.18. The molecule has 35 heavy (non-hydrogen) atoms. The maximum absolute atomic E-state index is 12.1. The molecule has 10 heteroatoms. The molecule has 8 nitrogen and oxygen atoms in total. The molecule has 0 bridgehead atoms. The first-order chi connectivity index (χ1) is 15.7. The Labute approximate surface area is 216 Å². The minimum absolute atomic E-state index is 0. The molecule has 1 fully saturated rings. The average molecular weight is 520 g/mol. The summed E-state index contributed by atoms with van der Waals surface area (Å²) in [5, 5.41) is 26.3. The van der Waals surface area contributed by atoms with E-state index in [0.29, 0.717) is 35.7 Å². The quantitative estimate of drug-likeness (QED) is 0.275. The zero-order chi connectivity index (χ0) is 23.7. The minimum atomic E-state index is -0.883. The number of nitrogens with two attached hydrogens (primary N) is 1. The van der Waals surface area contributed by atoms with Crippen molar-refractivity contribution in [2.75, 3.05) is 13.1 Å². The maximum Gasteiger partial charge on any atom is 0.311 e. The predicted octanol–water partition coefficient (Wildman–Crippen LogP) is 4.17. The van der Waals surface area contributed by atoms with Crippen LogP contribution in [-0.4, -0.2) is 51.4 Å². The monoisotopic (exact) mass is 519 g/mol. The van der Waals surface area contributed by atoms with Crippen molar-refractivity contribution in [1.82, 2.24) is 9.47 Å². The molecule has 1 aliphatic heterocycles. The highest BCUT2D eigenvalue weighted by Crippen LogP contribution is 2.28. The van der Waals surface area contributed by atoms with Crippen LogP contribution in [-0.2, 0) is 18.3 Å². The third-order valence-electron chi connectivity index (χ3n) is 6.37. The van der Waals surface area contributed by atoms with E-state index in [1.807, 2.05) is 59.0 Å². The summed E-state index contributed by atoms with van der Waals surface area (Å²) < 4.78 is 8.03. The Balaban J connectivity index is 0.00000216. The number of hydrogen-bond acceptors (Lipinski definition) is 4. The second kappa shape index (κ2) is 11.5. The number of carbonyl (C=O) groups is 1. The fourth-order valence-electron chi connectivity index (χ4n) is 4.43. The first kappa shape index (κ1) is 28.0. The Morgan fingerprint density at radius 2 is 1.86 bits per heavy atom. The molecule has 4 rings (SSSR count). The Morgan fingerprint density at radius 1 is 1.17 bits per heavy atom. The number of aromatic nitrogens is 1. The molecule has 0 saturated carbocycles. The van der Waals surface area contributed by atoms with Gasteiger partial charge >= 0.3 is 5.97 Å². The summed E-state index contributed by atoms with van der Waals surface area (Å²) in [5.74, 6) is -0.320. The molecule has 1 aromatic heterocycles. The van der Waals surface area contributed by atoms with Crippen LogP contribution in [0, 0.1) is 10.8 Å². The van der Waals surface area contributed by atoms with Gasteiger partial charge in [-0.25, -0.2) is 0 Å². The van der Waals surface area contributed by atoms with Crippen LogP contribution in [0.5, 0.6) is 5.75 Å². The van der Waals surface area contributed by atoms with Crippen molar-refractivity contribution in [2.24, 2.45) is 12.8 Å². The summed E-state index contributed by atoms with van der Waals surface area (Å²) in [7, 11) is 1.92. The van der Waals surface area contributed by atoms with Crippen molar-refractivity contribution in [3.63, 3.8) is 0 Å². The molecule has 2 heterocycles. The maximum atomic E-state index is 12.1. The first-order valence-electron chi connectivity index (χ1n) is 10.9. The molecule has 1 aliphatic rings. The van der Waals surface area contributed by atoms with Crippen molar-refractivity contribution >= 4 is 53.4 Å². The summed E-state index contributed by atoms with van der Waals surface area (Å²) in [6.07, 6.45) is 1.23. The van der Waals surface area contributed by atoms with Crippen molar-refractivity contribution in [2.45, 2.75) is 31.8 Å². The molecule has 2 atom stereocenters. The number of rotatable bonds is 7. The zero-order valence-corrected chi connectivity index (χ0v) is 21.3. The van der Waals surface area contributed by atoms with Gasteiger partial charge in [-0.15, -0.1) is 24.8 Å². The molecule has 1 unspecified atom stereocenters. The third kappa shape index (κ3) is 6.07. The molecule has 0 amide bonds. The van der Waals surface area contributed by atoms with Crippen molar-refractivity contribution < 1.29 is 14.6 Å². The van der Waals surface area contributed by atoms with Gasteiger partial charge in [0.1, 0.15) is 17.7 Å². The number of nitrogens with zero attached hydrogens (tertiary/aromatic N) is 2. The molecule has 0 radical (unpaired) electrons. The van der Waals surface area contributed by atoms with Gasteiger partial charge in [-0.2, -0.15) is 0 Å². The van der Waals surface area contributed by atoms with Gasteiger partial charge in [0.05, 0.1) is 18.3 Å². The second-order valence-electron chi connectivity index (χ2n) is 8.61. The molecule has 2 aromatic carbocycles. The number of nitrogens with one attached hydrogen (secondary N) is 2. The van der Waals surface area contributed by atoms with E-state index in [0.717, 1.165) is 29.6 Å². The van der Waals surface area contributed by atoms with E-state index in [2.05, 4.69) is 0 Å². The van der Waals surface area contributed by atoms with Crippen molar-refractivity contribution in [3.8, 4) is 5.75 Å². The van der Waals surface area contributed by atoms with Gasteiger partial charge in [-0.1, -0.05) is 12.1 Å². The summed E-state index contributed by atoms with van der Waals surface area (Å²) in [4.78, 5) is 14.1. The van der Waals surface area contributed by atoms with Crippen LogP contribution >= 0.6 is 24.8 Å². The molecule has 3 aromatic rings. The van der Waals surface area contributed by atoms with Crippen LogP contribution in [0.4, 0.5) is 0 Å². The van der Waals surface area contributed by atoms with Crippen LogP contribution < -0.4 is 10.5 Å². The molecular formula is C25H31Cl2N5O3. The molecule has 0 aliphatic carbocycles. The summed E-state index contributed by atoms with van der Waals surface area (Å²) in [6, 6.07) is 14.8. The van der Waals surface area contributed by atoms with Crippen LogP contribution in [0.1, 0.15) is 36.1 Å². The second-order valence-corrected chi connectivity index (χ2v) is 8.61. The lowest BCUT2D eigenvalue weighted by molar-refractivity contribution is -0.138. The van der Waals surface area contributed by atoms with Gasteiger partial charge in [0.2, 0.25) is 0 Å². The smallest absolute Gasteiger partial charge is 0.311 e. The van der Waals surface area contributed by atoms with Crippen LogP contribution in [0.2, 0.25) is 0 Å². The highest BCUT2D eigenvalue weighted by Gasteiger charge is 2.25. The number of aliphatic carboxylic acids is 1. The number of likely N-dealkylation sites (tertiary alicyclic amines) is 1. The average Bonchev–Trinajstić information content (AvgIpc) is 3.37. The normalized spacial score (nSPS) is 15.7. The van der Waals surface area contributed by atoms with Crippen LogP contribution in [0.25, 0.3) is 10.9 Å². The topological polar surface area (TPSA) is 128 Å². The Bertz CT molecular complexity index is 1230. The highest BCUT2D eigenvalue weighted by atomic mass is 35.5. The Morgan fingerprint density at radius 3 is 2.43 bits per heavy atom. The van der Waals surface area contributed by atoms with E-state index in [4.69, 9.17) is 21.3 Å². The number of amidine groups is 2. The number of hydrogen-bond donors (Lipinski definition) is 4. The number of halogens is 2. The fraction of sp³-hybridized carbons (Fsp3) is 0.320. The van der Waals surface area contributed by atoms with E-state index in [-0.39, 0.29) is 36.8 Å². The SMILES string of the molecule is CC(=N)N1CC[C@H](Oc2ccc(C(Cc3cc4cc(C(=N)N)ccc4n3C)C(=O)O)cc2)C1.Cl.Cl. The summed E-state index contributed by atoms with van der Waals surface area (Å²) >= 11 is 0. The molecule has 5 N–H and O–H groups in total. The molecular weight excluding hydrogens is 489 g/mol. The highest BCUT2D eigenvalue weighted by molar-refractivity contribution is 5.99. The van der Waals surface area contributed by atoms with Crippen molar-refractivity contribution in [3.05, 3.63) is 65.4 Å².